The van der Waals surface area contributed by atoms with Gasteiger partial charge in [-0.3, -0.25) is 15.2 Å². The van der Waals surface area contributed by atoms with Crippen LogP contribution in [-0.4, -0.2) is 47.7 Å². The fraction of sp³-hybridized carbons (Fsp3) is 0.481. The summed E-state index contributed by atoms with van der Waals surface area (Å²) in [4.78, 5) is 4.79. The molecule has 7 N–H and O–H groups in total. The summed E-state index contributed by atoms with van der Waals surface area (Å²) in [5.74, 6) is 7.72. The normalized spacial score (nSPS) is 25.3. The number of benzene rings is 2. The third-order valence-electron chi connectivity index (χ3n) is 6.80. The Morgan fingerprint density at radius 2 is 1.21 bits per heavy atom. The third-order valence-corrected chi connectivity index (χ3v) is 6.80. The summed E-state index contributed by atoms with van der Waals surface area (Å²) >= 11 is 0. The van der Waals surface area contributed by atoms with Gasteiger partial charge in [0.1, 0.15) is 5.84 Å². The topological polar surface area (TPSA) is 121 Å². The standard InChI is InChI=1S/C13H20N4.C13H19N3.CH4/c1-10-7-17(9-12(10)13(14)16-15)8-11-5-3-2-4-6-11;1-10-7-16(9-12(10)13(14)15)8-11-5-3-2-4-6-11;/h2-6,10,12H,7-9,15H2,1H3,(H2,14,16);2-6,10,12H,7-9H2,1H3,(H3,14,15);1H4/t10-,12-;10-,12?;/m11./s1. The molecule has 2 heterocycles. The maximum absolute atomic E-state index is 7.54. The molecule has 0 saturated carbocycles. The second-order valence-electron chi connectivity index (χ2n) is 9.54. The zero-order valence-electron chi connectivity index (χ0n) is 19.9. The quantitative estimate of drug-likeness (QED) is 0.226. The molecule has 0 amide bonds. The molecule has 2 aromatic carbocycles. The van der Waals surface area contributed by atoms with E-state index in [1.54, 1.807) is 0 Å². The molecule has 2 aliphatic heterocycles. The molecule has 0 spiro atoms. The molecule has 0 bridgehead atoms. The van der Waals surface area contributed by atoms with Gasteiger partial charge in [-0.05, 0) is 23.0 Å². The number of hydrogen-bond donors (Lipinski definition) is 4. The molecule has 0 aromatic heterocycles. The highest BCUT2D eigenvalue weighted by Crippen LogP contribution is 2.25. The molecule has 186 valence electrons. The van der Waals surface area contributed by atoms with E-state index in [4.69, 9.17) is 22.7 Å². The lowest BCUT2D eigenvalue weighted by atomic mass is 9.97. The summed E-state index contributed by atoms with van der Waals surface area (Å²) in [6.45, 7) is 10.3. The predicted molar refractivity (Wildman–Crippen MR) is 143 cm³/mol. The summed E-state index contributed by atoms with van der Waals surface area (Å²) in [6.07, 6.45) is 0. The van der Waals surface area contributed by atoms with E-state index < -0.39 is 0 Å². The van der Waals surface area contributed by atoms with Crippen molar-refractivity contribution in [2.45, 2.75) is 34.4 Å². The first-order valence-corrected chi connectivity index (χ1v) is 11.8. The van der Waals surface area contributed by atoms with E-state index in [1.165, 1.54) is 11.1 Å². The first kappa shape index (κ1) is 27.3. The SMILES string of the molecule is C.C[C@@H]1CN(Cc2ccccc2)CC1C(=N)N.C[C@@H]1CN(Cc2ccccc2)C[C@H]1C(N)=NN. The highest BCUT2D eigenvalue weighted by atomic mass is 15.2. The molecule has 2 aromatic rings. The maximum Gasteiger partial charge on any atom is 0.124 e. The van der Waals surface area contributed by atoms with Crippen molar-refractivity contribution < 1.29 is 0 Å². The highest BCUT2D eigenvalue weighted by Gasteiger charge is 2.32. The fourth-order valence-corrected chi connectivity index (χ4v) is 4.96. The van der Waals surface area contributed by atoms with E-state index in [-0.39, 0.29) is 13.3 Å². The van der Waals surface area contributed by atoms with Gasteiger partial charge in [0.25, 0.3) is 0 Å². The van der Waals surface area contributed by atoms with Crippen LogP contribution in [0.4, 0.5) is 0 Å². The Morgan fingerprint density at radius 1 is 0.794 bits per heavy atom. The predicted octanol–water partition coefficient (Wildman–Crippen LogP) is 3.31. The van der Waals surface area contributed by atoms with Crippen LogP contribution in [0.1, 0.15) is 32.4 Å². The number of likely N-dealkylation sites (tertiary alicyclic amines) is 2. The molecule has 0 radical (unpaired) electrons. The number of hydrazone groups is 1. The van der Waals surface area contributed by atoms with E-state index in [0.717, 1.165) is 39.3 Å². The second-order valence-corrected chi connectivity index (χ2v) is 9.54. The van der Waals surface area contributed by atoms with E-state index in [9.17, 15) is 0 Å². The van der Waals surface area contributed by atoms with Crippen molar-refractivity contribution >= 4 is 11.7 Å². The van der Waals surface area contributed by atoms with Crippen LogP contribution in [0.5, 0.6) is 0 Å². The molecule has 7 heteroatoms. The van der Waals surface area contributed by atoms with Gasteiger partial charge in [-0.2, -0.15) is 5.10 Å². The second kappa shape index (κ2) is 13.1. The Morgan fingerprint density at radius 3 is 1.59 bits per heavy atom. The van der Waals surface area contributed by atoms with Crippen LogP contribution in [0.3, 0.4) is 0 Å². The lowest BCUT2D eigenvalue weighted by Gasteiger charge is -2.15. The first-order chi connectivity index (χ1) is 15.9. The van der Waals surface area contributed by atoms with Crippen molar-refractivity contribution in [1.29, 1.82) is 5.41 Å². The Hall–Kier alpha value is -2.90. The van der Waals surface area contributed by atoms with Crippen molar-refractivity contribution in [1.82, 2.24) is 9.80 Å². The van der Waals surface area contributed by atoms with Crippen LogP contribution >= 0.6 is 0 Å². The minimum Gasteiger partial charge on any atom is -0.387 e. The highest BCUT2D eigenvalue weighted by molar-refractivity contribution is 5.83. The van der Waals surface area contributed by atoms with Gasteiger partial charge in [0.05, 0.1) is 5.84 Å². The van der Waals surface area contributed by atoms with Gasteiger partial charge in [0.2, 0.25) is 0 Å². The van der Waals surface area contributed by atoms with Crippen LogP contribution in [0, 0.1) is 29.1 Å². The zero-order chi connectivity index (χ0) is 23.8. The van der Waals surface area contributed by atoms with Gasteiger partial charge < -0.3 is 17.3 Å². The van der Waals surface area contributed by atoms with Crippen molar-refractivity contribution in [2.75, 3.05) is 26.2 Å². The number of amidine groups is 2. The van der Waals surface area contributed by atoms with Crippen LogP contribution in [0.25, 0.3) is 0 Å². The van der Waals surface area contributed by atoms with E-state index in [2.05, 4.69) is 77.3 Å². The maximum atomic E-state index is 7.54. The molecule has 4 atom stereocenters. The van der Waals surface area contributed by atoms with Gasteiger partial charge in [-0.25, -0.2) is 0 Å². The summed E-state index contributed by atoms with van der Waals surface area (Å²) < 4.78 is 0. The van der Waals surface area contributed by atoms with Crippen molar-refractivity contribution in [3.63, 3.8) is 0 Å². The molecule has 2 fully saturated rings. The monoisotopic (exact) mass is 465 g/mol. The third kappa shape index (κ3) is 7.57. The van der Waals surface area contributed by atoms with Gasteiger partial charge in [0.15, 0.2) is 0 Å². The van der Waals surface area contributed by atoms with Gasteiger partial charge in [-0.15, -0.1) is 0 Å². The Kier molecular flexibility index (Phi) is 10.5. The average molecular weight is 466 g/mol. The molecule has 34 heavy (non-hydrogen) atoms. The lowest BCUT2D eigenvalue weighted by Crippen LogP contribution is -2.30. The minimum atomic E-state index is 0. The summed E-state index contributed by atoms with van der Waals surface area (Å²) in [5, 5.41) is 11.2. The molecular formula is C27H43N7. The number of nitrogens with one attached hydrogen (secondary N) is 1. The molecule has 2 saturated heterocycles. The van der Waals surface area contributed by atoms with Crippen LogP contribution < -0.4 is 17.3 Å². The fourth-order valence-electron chi connectivity index (χ4n) is 4.96. The van der Waals surface area contributed by atoms with Crippen LogP contribution in [-0.2, 0) is 13.1 Å². The molecule has 1 unspecified atom stereocenters. The van der Waals surface area contributed by atoms with Crippen LogP contribution in [0.2, 0.25) is 0 Å². The summed E-state index contributed by atoms with van der Waals surface area (Å²) in [7, 11) is 0. The smallest absolute Gasteiger partial charge is 0.124 e. The van der Waals surface area contributed by atoms with E-state index in [1.807, 2.05) is 12.1 Å². The zero-order valence-corrected chi connectivity index (χ0v) is 19.9. The largest absolute Gasteiger partial charge is 0.387 e. The number of hydrogen-bond acceptors (Lipinski definition) is 5. The number of rotatable bonds is 6. The summed E-state index contributed by atoms with van der Waals surface area (Å²) in [5.41, 5.74) is 14.1. The average Bonchev–Trinajstić information content (AvgIpc) is 3.36. The Balaban J connectivity index is 0.000000234. The Bertz CT molecular complexity index is 900. The molecule has 4 rings (SSSR count). The lowest BCUT2D eigenvalue weighted by molar-refractivity contribution is 0.318. The van der Waals surface area contributed by atoms with Crippen molar-refractivity contribution in [3.8, 4) is 0 Å². The van der Waals surface area contributed by atoms with Gasteiger partial charge >= 0.3 is 0 Å². The van der Waals surface area contributed by atoms with E-state index in [0.29, 0.717) is 29.4 Å². The molecule has 7 nitrogen and oxygen atoms in total. The number of nitrogens with zero attached hydrogens (tertiary/aromatic N) is 3. The molecule has 2 aliphatic rings. The van der Waals surface area contributed by atoms with Crippen molar-refractivity contribution in [3.05, 3.63) is 71.8 Å². The number of nitrogens with two attached hydrogens (primary N) is 3. The molecule has 0 aliphatic carbocycles. The summed E-state index contributed by atoms with van der Waals surface area (Å²) in [6, 6.07) is 20.9. The van der Waals surface area contributed by atoms with Gasteiger partial charge in [-0.1, -0.05) is 81.9 Å². The van der Waals surface area contributed by atoms with Gasteiger partial charge in [0, 0.05) is 51.1 Å². The van der Waals surface area contributed by atoms with Crippen LogP contribution in [0.15, 0.2) is 65.8 Å². The van der Waals surface area contributed by atoms with Crippen molar-refractivity contribution in [2.24, 2.45) is 46.1 Å². The Labute approximate surface area is 205 Å². The minimum absolute atomic E-state index is 0. The first-order valence-electron chi connectivity index (χ1n) is 11.8. The molecular weight excluding hydrogens is 422 g/mol. The van der Waals surface area contributed by atoms with E-state index >= 15 is 0 Å².